The van der Waals surface area contributed by atoms with E-state index in [1.54, 1.807) is 0 Å². The largest absolute Gasteiger partial charge is 0.389 e. The van der Waals surface area contributed by atoms with Crippen LogP contribution < -0.4 is 5.32 Å². The van der Waals surface area contributed by atoms with E-state index in [1.165, 1.54) is 19.4 Å². The monoisotopic (exact) mass is 214 g/mol. The third-order valence-corrected chi connectivity index (χ3v) is 3.34. The molecule has 0 aromatic carbocycles. The number of piperidine rings is 1. The Balaban J connectivity index is 2.25. The van der Waals surface area contributed by atoms with Crippen LogP contribution in [-0.4, -0.2) is 48.8 Å². The summed E-state index contributed by atoms with van der Waals surface area (Å²) in [6, 6.07) is 0. The van der Waals surface area contributed by atoms with Gasteiger partial charge in [-0.25, -0.2) is 0 Å². The first-order valence-corrected chi connectivity index (χ1v) is 6.15. The average Bonchev–Trinajstić information content (AvgIpc) is 2.18. The van der Waals surface area contributed by atoms with Crippen molar-refractivity contribution in [2.45, 2.75) is 38.7 Å². The van der Waals surface area contributed by atoms with E-state index in [9.17, 15) is 5.11 Å². The fraction of sp³-hybridized carbons (Fsp3) is 1.00. The topological polar surface area (TPSA) is 35.5 Å². The summed E-state index contributed by atoms with van der Waals surface area (Å²) in [7, 11) is 2.11. The maximum absolute atomic E-state index is 9.97. The highest BCUT2D eigenvalue weighted by molar-refractivity contribution is 4.77. The zero-order valence-corrected chi connectivity index (χ0v) is 10.4. The van der Waals surface area contributed by atoms with Crippen LogP contribution in [0, 0.1) is 5.92 Å². The first kappa shape index (κ1) is 12.9. The number of hydrogen-bond donors (Lipinski definition) is 2. The van der Waals surface area contributed by atoms with Crippen LogP contribution >= 0.6 is 0 Å². The van der Waals surface area contributed by atoms with Gasteiger partial charge in [0, 0.05) is 13.1 Å². The van der Waals surface area contributed by atoms with Gasteiger partial charge in [-0.3, -0.25) is 0 Å². The maximum Gasteiger partial charge on any atom is 0.0743 e. The first-order chi connectivity index (χ1) is 7.03. The third-order valence-electron chi connectivity index (χ3n) is 3.34. The quantitative estimate of drug-likeness (QED) is 0.719. The van der Waals surface area contributed by atoms with Crippen molar-refractivity contribution in [3.05, 3.63) is 0 Å². The molecule has 90 valence electrons. The Hall–Kier alpha value is -0.120. The molecule has 15 heavy (non-hydrogen) atoms. The summed E-state index contributed by atoms with van der Waals surface area (Å²) in [5.41, 5.74) is -0.531. The highest BCUT2D eigenvalue weighted by atomic mass is 16.3. The Labute approximate surface area is 93.9 Å². The van der Waals surface area contributed by atoms with Crippen molar-refractivity contribution in [2.24, 2.45) is 5.92 Å². The van der Waals surface area contributed by atoms with E-state index in [0.717, 1.165) is 32.0 Å². The van der Waals surface area contributed by atoms with Gasteiger partial charge in [0.1, 0.15) is 0 Å². The molecular weight excluding hydrogens is 188 g/mol. The lowest BCUT2D eigenvalue weighted by molar-refractivity contribution is 0.0191. The van der Waals surface area contributed by atoms with Crippen molar-refractivity contribution in [2.75, 3.05) is 33.2 Å². The van der Waals surface area contributed by atoms with E-state index in [-0.39, 0.29) is 0 Å². The molecule has 0 bridgehead atoms. The summed E-state index contributed by atoms with van der Waals surface area (Å²) in [6.45, 7) is 8.15. The first-order valence-electron chi connectivity index (χ1n) is 6.15. The normalized spacial score (nSPS) is 26.6. The maximum atomic E-state index is 9.97. The van der Waals surface area contributed by atoms with E-state index < -0.39 is 5.60 Å². The summed E-state index contributed by atoms with van der Waals surface area (Å²) < 4.78 is 0. The minimum absolute atomic E-state index is 0.531. The Morgan fingerprint density at radius 2 is 2.27 bits per heavy atom. The molecule has 0 aromatic heterocycles. The molecule has 3 nitrogen and oxygen atoms in total. The Kier molecular flexibility index (Phi) is 5.03. The smallest absolute Gasteiger partial charge is 0.0743 e. The summed E-state index contributed by atoms with van der Waals surface area (Å²) in [5.74, 6) is 0.761. The van der Waals surface area contributed by atoms with Gasteiger partial charge in [0.25, 0.3) is 0 Å². The SMILES string of the molecule is CCC(C)(O)CN(C)CC1CCCNC1. The number of likely N-dealkylation sites (N-methyl/N-ethyl adjacent to an activating group) is 1. The standard InChI is InChI=1S/C12H26N2O/c1-4-12(2,15)10-14(3)9-11-6-5-7-13-8-11/h11,13,15H,4-10H2,1-3H3. The van der Waals surface area contributed by atoms with Gasteiger partial charge in [-0.2, -0.15) is 0 Å². The van der Waals surface area contributed by atoms with E-state index in [0.29, 0.717) is 0 Å². The molecule has 1 aliphatic heterocycles. The summed E-state index contributed by atoms with van der Waals surface area (Å²) >= 11 is 0. The van der Waals surface area contributed by atoms with Gasteiger partial charge >= 0.3 is 0 Å². The van der Waals surface area contributed by atoms with E-state index in [4.69, 9.17) is 0 Å². The lowest BCUT2D eigenvalue weighted by Crippen LogP contribution is -2.43. The van der Waals surface area contributed by atoms with Crippen LogP contribution in [-0.2, 0) is 0 Å². The Bertz CT molecular complexity index is 176. The third kappa shape index (κ3) is 4.96. The molecule has 1 aliphatic rings. The molecule has 1 saturated heterocycles. The Morgan fingerprint density at radius 1 is 1.53 bits per heavy atom. The average molecular weight is 214 g/mol. The van der Waals surface area contributed by atoms with Crippen LogP contribution in [0.15, 0.2) is 0 Å². The number of nitrogens with one attached hydrogen (secondary N) is 1. The molecule has 0 spiro atoms. The van der Waals surface area contributed by atoms with Crippen LogP contribution in [0.1, 0.15) is 33.1 Å². The van der Waals surface area contributed by atoms with Gasteiger partial charge in [0.2, 0.25) is 0 Å². The van der Waals surface area contributed by atoms with Crippen molar-refractivity contribution in [1.29, 1.82) is 0 Å². The molecule has 0 amide bonds. The van der Waals surface area contributed by atoms with Crippen LogP contribution in [0.5, 0.6) is 0 Å². The summed E-state index contributed by atoms with van der Waals surface area (Å²) in [6.07, 6.45) is 3.44. The molecular formula is C12H26N2O. The molecule has 2 unspecified atom stereocenters. The van der Waals surface area contributed by atoms with Gasteiger partial charge in [-0.05, 0) is 52.2 Å². The van der Waals surface area contributed by atoms with Gasteiger partial charge in [0.05, 0.1) is 5.60 Å². The molecule has 1 heterocycles. The van der Waals surface area contributed by atoms with Crippen LogP contribution in [0.2, 0.25) is 0 Å². The second-order valence-electron chi connectivity index (χ2n) is 5.26. The molecule has 0 aliphatic carbocycles. The zero-order valence-electron chi connectivity index (χ0n) is 10.4. The van der Waals surface area contributed by atoms with Crippen LogP contribution in [0.4, 0.5) is 0 Å². The highest BCUT2D eigenvalue weighted by Gasteiger charge is 2.22. The Morgan fingerprint density at radius 3 is 2.80 bits per heavy atom. The molecule has 0 radical (unpaired) electrons. The van der Waals surface area contributed by atoms with Crippen molar-refractivity contribution >= 4 is 0 Å². The highest BCUT2D eigenvalue weighted by Crippen LogP contribution is 2.14. The minimum Gasteiger partial charge on any atom is -0.389 e. The predicted octanol–water partition coefficient (Wildman–Crippen LogP) is 1.08. The van der Waals surface area contributed by atoms with Gasteiger partial charge < -0.3 is 15.3 Å². The van der Waals surface area contributed by atoms with Crippen LogP contribution in [0.25, 0.3) is 0 Å². The summed E-state index contributed by atoms with van der Waals surface area (Å²) in [5, 5.41) is 13.4. The van der Waals surface area contributed by atoms with Crippen molar-refractivity contribution in [1.82, 2.24) is 10.2 Å². The van der Waals surface area contributed by atoms with E-state index >= 15 is 0 Å². The number of hydrogen-bond acceptors (Lipinski definition) is 3. The molecule has 3 heteroatoms. The second-order valence-corrected chi connectivity index (χ2v) is 5.26. The summed E-state index contributed by atoms with van der Waals surface area (Å²) in [4.78, 5) is 2.27. The lowest BCUT2D eigenvalue weighted by Gasteiger charge is -2.32. The molecule has 0 saturated carbocycles. The lowest BCUT2D eigenvalue weighted by atomic mass is 9.97. The van der Waals surface area contributed by atoms with Gasteiger partial charge in [0.15, 0.2) is 0 Å². The van der Waals surface area contributed by atoms with Crippen molar-refractivity contribution in [3.8, 4) is 0 Å². The zero-order chi connectivity index (χ0) is 11.3. The van der Waals surface area contributed by atoms with Gasteiger partial charge in [-0.1, -0.05) is 6.92 Å². The number of nitrogens with zero attached hydrogens (tertiary/aromatic N) is 1. The minimum atomic E-state index is -0.531. The molecule has 0 aromatic rings. The predicted molar refractivity (Wildman–Crippen MR) is 64.0 cm³/mol. The fourth-order valence-corrected chi connectivity index (χ4v) is 2.28. The molecule has 1 fully saturated rings. The molecule has 2 N–H and O–H groups in total. The van der Waals surface area contributed by atoms with E-state index in [1.807, 2.05) is 13.8 Å². The van der Waals surface area contributed by atoms with Crippen LogP contribution in [0.3, 0.4) is 0 Å². The number of rotatable bonds is 5. The number of aliphatic hydroxyl groups is 1. The molecule has 1 rings (SSSR count). The fourth-order valence-electron chi connectivity index (χ4n) is 2.28. The van der Waals surface area contributed by atoms with Gasteiger partial charge in [-0.15, -0.1) is 0 Å². The second kappa shape index (κ2) is 5.83. The van der Waals surface area contributed by atoms with Crippen molar-refractivity contribution in [3.63, 3.8) is 0 Å². The van der Waals surface area contributed by atoms with Crippen molar-refractivity contribution < 1.29 is 5.11 Å². The van der Waals surface area contributed by atoms with E-state index in [2.05, 4.69) is 17.3 Å². The molecule has 2 atom stereocenters.